The van der Waals surface area contributed by atoms with Crippen molar-refractivity contribution in [2.75, 3.05) is 39.1 Å². The summed E-state index contributed by atoms with van der Waals surface area (Å²) >= 11 is 0. The molecule has 0 aliphatic rings. The molecule has 1 aromatic carbocycles. The number of hydrogen-bond donors (Lipinski definition) is 0. The maximum absolute atomic E-state index is 11.5. The zero-order valence-corrected chi connectivity index (χ0v) is 11.2. The average Bonchev–Trinajstić information content (AvgIpc) is 2.29. The summed E-state index contributed by atoms with van der Waals surface area (Å²) in [6.07, 6.45) is 2.80. The molecule has 0 fully saturated rings. The standard InChI is InChI=1S/C13H22N2O2/c1-5-10-11(13(17)12(10)16)15(4)9-7-6-8-14(2)3/h5-9H2,1-4H3. The SMILES string of the molecule is CCc1c(N(C)CCCCN(C)C)c(=O)c1=O. The first-order valence-corrected chi connectivity index (χ1v) is 6.17. The van der Waals surface area contributed by atoms with Gasteiger partial charge in [0.15, 0.2) is 0 Å². The third kappa shape index (κ3) is 3.16. The molecule has 0 heterocycles. The maximum atomic E-state index is 11.5. The van der Waals surface area contributed by atoms with Gasteiger partial charge >= 0.3 is 0 Å². The Hall–Kier alpha value is -1.16. The van der Waals surface area contributed by atoms with Crippen LogP contribution < -0.4 is 15.8 Å². The van der Waals surface area contributed by atoms with Gasteiger partial charge in [-0.3, -0.25) is 9.59 Å². The van der Waals surface area contributed by atoms with Crippen molar-refractivity contribution in [1.29, 1.82) is 0 Å². The zero-order valence-electron chi connectivity index (χ0n) is 11.2. The summed E-state index contributed by atoms with van der Waals surface area (Å²) in [5.41, 5.74) is 0.743. The van der Waals surface area contributed by atoms with Gasteiger partial charge < -0.3 is 9.80 Å². The molecule has 0 atom stereocenters. The molecule has 0 aromatic heterocycles. The lowest BCUT2D eigenvalue weighted by molar-refractivity contribution is 0.395. The molecule has 0 unspecified atom stereocenters. The lowest BCUT2D eigenvalue weighted by atomic mass is 10.0. The fraction of sp³-hybridized carbons (Fsp3) is 0.692. The van der Waals surface area contributed by atoms with Gasteiger partial charge in [-0.25, -0.2) is 0 Å². The predicted octanol–water partition coefficient (Wildman–Crippen LogP) is 0.623. The molecule has 0 saturated carbocycles. The predicted molar refractivity (Wildman–Crippen MR) is 71.8 cm³/mol. The molecule has 96 valence electrons. The fourth-order valence-corrected chi connectivity index (χ4v) is 2.05. The van der Waals surface area contributed by atoms with Gasteiger partial charge in [-0.2, -0.15) is 0 Å². The molecule has 0 amide bonds. The molecule has 0 radical (unpaired) electrons. The average molecular weight is 238 g/mol. The first-order valence-electron chi connectivity index (χ1n) is 6.17. The van der Waals surface area contributed by atoms with Crippen molar-refractivity contribution in [3.63, 3.8) is 0 Å². The number of rotatable bonds is 7. The Labute approximate surface area is 103 Å². The van der Waals surface area contributed by atoms with E-state index in [0.717, 1.165) is 25.9 Å². The van der Waals surface area contributed by atoms with E-state index in [4.69, 9.17) is 0 Å². The van der Waals surface area contributed by atoms with E-state index in [0.29, 0.717) is 17.7 Å². The molecular formula is C13H22N2O2. The fourth-order valence-electron chi connectivity index (χ4n) is 2.05. The van der Waals surface area contributed by atoms with Crippen LogP contribution in [0.15, 0.2) is 9.59 Å². The van der Waals surface area contributed by atoms with E-state index in [-0.39, 0.29) is 10.9 Å². The van der Waals surface area contributed by atoms with Crippen molar-refractivity contribution < 1.29 is 0 Å². The van der Waals surface area contributed by atoms with E-state index in [1.54, 1.807) is 0 Å². The van der Waals surface area contributed by atoms with Crippen molar-refractivity contribution in [3.05, 3.63) is 26.0 Å². The van der Waals surface area contributed by atoms with Gasteiger partial charge in [-0.1, -0.05) is 6.92 Å². The summed E-state index contributed by atoms with van der Waals surface area (Å²) in [6, 6.07) is 0. The molecule has 0 bridgehead atoms. The second kappa shape index (κ2) is 5.96. The Bertz CT molecular complexity index is 431. The van der Waals surface area contributed by atoms with Crippen LogP contribution in [0, 0.1) is 0 Å². The molecule has 1 rings (SSSR count). The first kappa shape index (κ1) is 13.9. The molecule has 0 spiro atoms. The third-order valence-electron chi connectivity index (χ3n) is 3.07. The summed E-state index contributed by atoms with van der Waals surface area (Å²) in [5.74, 6) is 0. The highest BCUT2D eigenvalue weighted by Gasteiger charge is 2.21. The Morgan fingerprint density at radius 3 is 2.06 bits per heavy atom. The van der Waals surface area contributed by atoms with Crippen molar-refractivity contribution >= 4 is 5.69 Å². The highest BCUT2D eigenvalue weighted by Crippen LogP contribution is 2.13. The van der Waals surface area contributed by atoms with Crippen LogP contribution >= 0.6 is 0 Å². The van der Waals surface area contributed by atoms with Gasteiger partial charge in [-0.05, 0) is 39.9 Å². The second-order valence-corrected chi connectivity index (χ2v) is 4.77. The van der Waals surface area contributed by atoms with E-state index >= 15 is 0 Å². The molecule has 4 heteroatoms. The van der Waals surface area contributed by atoms with Crippen LogP contribution in [0.4, 0.5) is 5.69 Å². The molecule has 0 saturated heterocycles. The van der Waals surface area contributed by atoms with E-state index in [1.807, 2.05) is 18.9 Å². The smallest absolute Gasteiger partial charge is 0.249 e. The van der Waals surface area contributed by atoms with Crippen LogP contribution in [0.3, 0.4) is 0 Å². The quantitative estimate of drug-likeness (QED) is 0.516. The minimum Gasteiger partial charge on any atom is -0.371 e. The zero-order chi connectivity index (χ0) is 13.0. The number of hydrogen-bond acceptors (Lipinski definition) is 4. The van der Waals surface area contributed by atoms with Gasteiger partial charge in [0.1, 0.15) is 0 Å². The number of anilines is 1. The molecule has 1 aromatic rings. The molecule has 0 aliphatic heterocycles. The summed E-state index contributed by atoms with van der Waals surface area (Å²) in [5, 5.41) is 0. The van der Waals surface area contributed by atoms with Crippen LogP contribution in [0.5, 0.6) is 0 Å². The number of unbranched alkanes of at least 4 members (excludes halogenated alkanes) is 1. The molecule has 0 aliphatic carbocycles. The molecular weight excluding hydrogens is 216 g/mol. The van der Waals surface area contributed by atoms with Crippen LogP contribution in [0.2, 0.25) is 0 Å². The Balaban J connectivity index is 2.48. The molecule has 4 nitrogen and oxygen atoms in total. The van der Waals surface area contributed by atoms with E-state index in [2.05, 4.69) is 19.0 Å². The third-order valence-corrected chi connectivity index (χ3v) is 3.07. The summed E-state index contributed by atoms with van der Waals surface area (Å²) in [6.45, 7) is 3.81. The number of nitrogens with zero attached hydrogens (tertiary/aromatic N) is 2. The minimum absolute atomic E-state index is 0.289. The molecule has 17 heavy (non-hydrogen) atoms. The largest absolute Gasteiger partial charge is 0.371 e. The van der Waals surface area contributed by atoms with Crippen molar-refractivity contribution in [2.45, 2.75) is 26.2 Å². The van der Waals surface area contributed by atoms with Gasteiger partial charge in [0.2, 0.25) is 10.9 Å². The highest BCUT2D eigenvalue weighted by molar-refractivity contribution is 5.58. The summed E-state index contributed by atoms with van der Waals surface area (Å²) in [4.78, 5) is 26.8. The highest BCUT2D eigenvalue weighted by atomic mass is 16.2. The minimum atomic E-state index is -0.308. The normalized spacial score (nSPS) is 11.4. The topological polar surface area (TPSA) is 40.6 Å². The lowest BCUT2D eigenvalue weighted by Gasteiger charge is -2.23. The van der Waals surface area contributed by atoms with Crippen molar-refractivity contribution in [1.82, 2.24) is 4.90 Å². The van der Waals surface area contributed by atoms with Crippen LogP contribution in [-0.4, -0.2) is 39.1 Å². The summed E-state index contributed by atoms with van der Waals surface area (Å²) < 4.78 is 0. The van der Waals surface area contributed by atoms with Crippen LogP contribution in [-0.2, 0) is 6.42 Å². The monoisotopic (exact) mass is 238 g/mol. The van der Waals surface area contributed by atoms with Gasteiger partial charge in [0.25, 0.3) is 0 Å². The van der Waals surface area contributed by atoms with Crippen LogP contribution in [0.25, 0.3) is 0 Å². The van der Waals surface area contributed by atoms with Gasteiger partial charge in [0, 0.05) is 19.2 Å². The first-order chi connectivity index (χ1) is 7.99. The Kier molecular flexibility index (Phi) is 4.87. The Morgan fingerprint density at radius 2 is 1.53 bits per heavy atom. The van der Waals surface area contributed by atoms with Gasteiger partial charge in [-0.15, -0.1) is 0 Å². The van der Waals surface area contributed by atoms with Crippen LogP contribution in [0.1, 0.15) is 25.3 Å². The second-order valence-electron chi connectivity index (χ2n) is 4.77. The van der Waals surface area contributed by atoms with E-state index in [9.17, 15) is 9.59 Å². The summed E-state index contributed by atoms with van der Waals surface area (Å²) in [7, 11) is 6.00. The lowest BCUT2D eigenvalue weighted by Crippen LogP contribution is -2.42. The van der Waals surface area contributed by atoms with Crippen molar-refractivity contribution in [3.8, 4) is 0 Å². The van der Waals surface area contributed by atoms with E-state index < -0.39 is 0 Å². The van der Waals surface area contributed by atoms with Gasteiger partial charge in [0.05, 0.1) is 5.69 Å². The maximum Gasteiger partial charge on any atom is 0.249 e. The molecule has 0 N–H and O–H groups in total. The Morgan fingerprint density at radius 1 is 0.941 bits per heavy atom. The van der Waals surface area contributed by atoms with Crippen molar-refractivity contribution in [2.24, 2.45) is 0 Å². The van der Waals surface area contributed by atoms with E-state index in [1.165, 1.54) is 0 Å².